The first-order valence-electron chi connectivity index (χ1n) is 12.2. The van der Waals surface area contributed by atoms with Crippen LogP contribution in [0.15, 0.2) is 54.9 Å². The molecule has 0 fully saturated rings. The van der Waals surface area contributed by atoms with Gasteiger partial charge in [-0.25, -0.2) is 4.98 Å². The van der Waals surface area contributed by atoms with Gasteiger partial charge in [0.2, 0.25) is 0 Å². The Morgan fingerprint density at radius 3 is 2.63 bits per heavy atom. The molecule has 2 unspecified atom stereocenters. The second-order valence-corrected chi connectivity index (χ2v) is 10.3. The first-order valence-corrected chi connectivity index (χ1v) is 12.2. The summed E-state index contributed by atoms with van der Waals surface area (Å²) in [6, 6.07) is 14.5. The predicted octanol–water partition coefficient (Wildman–Crippen LogP) is 4.43. The number of H-pyrrole nitrogens is 1. The lowest BCUT2D eigenvalue weighted by atomic mass is 9.75. The molecule has 0 saturated heterocycles. The first-order chi connectivity index (χ1) is 16.9. The van der Waals surface area contributed by atoms with Gasteiger partial charge in [-0.3, -0.25) is 4.79 Å². The standard InChI is InChI=1S/C29H30N4O2/c1-32(2)29(35)18-6-4-17(5-7-18)26-14-31-28-25(26)12-21(13-30-28)19-8-20-10-24(34)11-23-16-33(3)15-22(9-19)27(20)23/h4-9,12-14,23-24,34H,10-11,15-16H2,1-3H3,(H,30,31). The predicted molar refractivity (Wildman–Crippen MR) is 138 cm³/mol. The summed E-state index contributed by atoms with van der Waals surface area (Å²) in [7, 11) is 5.68. The van der Waals surface area contributed by atoms with E-state index in [9.17, 15) is 9.90 Å². The summed E-state index contributed by atoms with van der Waals surface area (Å²) < 4.78 is 0. The Kier molecular flexibility index (Phi) is 5.24. The van der Waals surface area contributed by atoms with Crippen molar-refractivity contribution >= 4 is 16.9 Å². The van der Waals surface area contributed by atoms with Gasteiger partial charge in [0.1, 0.15) is 5.65 Å². The highest BCUT2D eigenvalue weighted by molar-refractivity contribution is 5.98. The van der Waals surface area contributed by atoms with E-state index in [0.717, 1.165) is 59.2 Å². The number of hydrogen-bond donors (Lipinski definition) is 2. The van der Waals surface area contributed by atoms with Crippen LogP contribution in [0.4, 0.5) is 0 Å². The number of nitrogens with one attached hydrogen (secondary N) is 1. The lowest BCUT2D eigenvalue weighted by Crippen LogP contribution is -2.36. The largest absolute Gasteiger partial charge is 0.393 e. The van der Waals surface area contributed by atoms with E-state index in [1.807, 2.05) is 36.7 Å². The summed E-state index contributed by atoms with van der Waals surface area (Å²) in [4.78, 5) is 24.2. The molecule has 6 heteroatoms. The number of aromatic amines is 1. The van der Waals surface area contributed by atoms with Crippen molar-refractivity contribution in [3.05, 3.63) is 77.1 Å². The molecule has 1 aliphatic carbocycles. The Morgan fingerprint density at radius 2 is 1.86 bits per heavy atom. The van der Waals surface area contributed by atoms with E-state index < -0.39 is 0 Å². The second-order valence-electron chi connectivity index (χ2n) is 10.3. The third-order valence-corrected chi connectivity index (χ3v) is 7.46. The molecule has 3 heterocycles. The molecular formula is C29H30N4O2. The number of nitrogens with zero attached hydrogens (tertiary/aromatic N) is 3. The number of fused-ring (bicyclic) bond motifs is 1. The lowest BCUT2D eigenvalue weighted by molar-refractivity contribution is 0.0827. The summed E-state index contributed by atoms with van der Waals surface area (Å²) in [6.07, 6.45) is 5.21. The van der Waals surface area contributed by atoms with Crippen LogP contribution in [0.2, 0.25) is 0 Å². The molecule has 0 spiro atoms. The van der Waals surface area contributed by atoms with Crippen molar-refractivity contribution in [1.29, 1.82) is 0 Å². The quantitative estimate of drug-likeness (QED) is 0.468. The van der Waals surface area contributed by atoms with Gasteiger partial charge in [0.15, 0.2) is 0 Å². The highest BCUT2D eigenvalue weighted by atomic mass is 16.3. The summed E-state index contributed by atoms with van der Waals surface area (Å²) in [5.41, 5.74) is 9.95. The molecule has 2 atom stereocenters. The van der Waals surface area contributed by atoms with E-state index in [2.05, 4.69) is 35.1 Å². The van der Waals surface area contributed by atoms with Gasteiger partial charge in [0, 0.05) is 61.7 Å². The van der Waals surface area contributed by atoms with Crippen molar-refractivity contribution in [3.8, 4) is 22.3 Å². The number of likely N-dealkylation sites (N-methyl/N-ethyl adjacent to an activating group) is 1. The molecule has 6 rings (SSSR count). The number of carbonyl (C=O) groups excluding carboxylic acids is 1. The van der Waals surface area contributed by atoms with Crippen LogP contribution in [0.25, 0.3) is 33.3 Å². The molecule has 6 nitrogen and oxygen atoms in total. The van der Waals surface area contributed by atoms with Crippen LogP contribution in [-0.4, -0.2) is 64.6 Å². The number of hydrogen-bond acceptors (Lipinski definition) is 4. The van der Waals surface area contributed by atoms with E-state index in [1.54, 1.807) is 19.0 Å². The minimum absolute atomic E-state index is 0.00574. The zero-order valence-electron chi connectivity index (χ0n) is 20.4. The molecule has 2 aliphatic rings. The van der Waals surface area contributed by atoms with Gasteiger partial charge in [0.05, 0.1) is 6.10 Å². The van der Waals surface area contributed by atoms with Crippen LogP contribution in [0.5, 0.6) is 0 Å². The maximum absolute atomic E-state index is 12.3. The van der Waals surface area contributed by atoms with Gasteiger partial charge in [-0.05, 0) is 77.9 Å². The first kappa shape index (κ1) is 22.0. The number of pyridine rings is 1. The van der Waals surface area contributed by atoms with Crippen LogP contribution in [-0.2, 0) is 13.0 Å². The highest BCUT2D eigenvalue weighted by Crippen LogP contribution is 2.41. The van der Waals surface area contributed by atoms with Crippen molar-refractivity contribution < 1.29 is 9.90 Å². The molecule has 2 aromatic heterocycles. The Labute approximate surface area is 205 Å². The van der Waals surface area contributed by atoms with Gasteiger partial charge in [0.25, 0.3) is 5.91 Å². The Hall–Kier alpha value is -3.48. The van der Waals surface area contributed by atoms with Crippen molar-refractivity contribution in [2.45, 2.75) is 31.4 Å². The molecule has 4 aromatic rings. The summed E-state index contributed by atoms with van der Waals surface area (Å²) in [6.45, 7) is 1.95. The third kappa shape index (κ3) is 3.83. The number of aliphatic hydroxyl groups is 1. The number of aromatic nitrogens is 2. The Balaban J connectivity index is 1.41. The average molecular weight is 467 g/mol. The SMILES string of the molecule is CN1Cc2cc(-c3cnc4[nH]cc(-c5ccc(C(=O)N(C)C)cc5)c4c3)cc3c2C(CC(O)C3)C1. The van der Waals surface area contributed by atoms with Crippen LogP contribution in [0.1, 0.15) is 39.4 Å². The van der Waals surface area contributed by atoms with Crippen LogP contribution >= 0.6 is 0 Å². The van der Waals surface area contributed by atoms with E-state index in [4.69, 9.17) is 4.98 Å². The van der Waals surface area contributed by atoms with Crippen LogP contribution in [0, 0.1) is 0 Å². The normalized spacial score (nSPS) is 19.5. The van der Waals surface area contributed by atoms with Crippen molar-refractivity contribution in [3.63, 3.8) is 0 Å². The van der Waals surface area contributed by atoms with E-state index >= 15 is 0 Å². The van der Waals surface area contributed by atoms with Crippen molar-refractivity contribution in [2.24, 2.45) is 0 Å². The lowest BCUT2D eigenvalue weighted by Gasteiger charge is -2.38. The van der Waals surface area contributed by atoms with E-state index in [1.165, 1.54) is 16.7 Å². The minimum atomic E-state index is -0.277. The minimum Gasteiger partial charge on any atom is -0.393 e. The summed E-state index contributed by atoms with van der Waals surface area (Å²) >= 11 is 0. The van der Waals surface area contributed by atoms with Crippen molar-refractivity contribution in [2.75, 3.05) is 27.7 Å². The summed E-state index contributed by atoms with van der Waals surface area (Å²) in [5, 5.41) is 11.6. The molecule has 0 radical (unpaired) electrons. The topological polar surface area (TPSA) is 72.5 Å². The molecule has 0 saturated carbocycles. The zero-order chi connectivity index (χ0) is 24.3. The monoisotopic (exact) mass is 466 g/mol. The number of rotatable bonds is 3. The fraction of sp³-hybridized carbons (Fsp3) is 0.310. The fourth-order valence-electron chi connectivity index (χ4n) is 5.90. The molecule has 0 bridgehead atoms. The van der Waals surface area contributed by atoms with Gasteiger partial charge in [-0.15, -0.1) is 0 Å². The Bertz CT molecular complexity index is 1400. The molecule has 178 valence electrons. The van der Waals surface area contributed by atoms with Gasteiger partial charge >= 0.3 is 0 Å². The van der Waals surface area contributed by atoms with Crippen LogP contribution < -0.4 is 0 Å². The smallest absolute Gasteiger partial charge is 0.253 e. The fourth-order valence-corrected chi connectivity index (χ4v) is 5.90. The molecular weight excluding hydrogens is 436 g/mol. The van der Waals surface area contributed by atoms with Gasteiger partial charge < -0.3 is 19.9 Å². The van der Waals surface area contributed by atoms with E-state index in [-0.39, 0.29) is 12.0 Å². The van der Waals surface area contributed by atoms with Gasteiger partial charge in [-0.1, -0.05) is 18.2 Å². The number of amides is 1. The van der Waals surface area contributed by atoms with Crippen molar-refractivity contribution in [1.82, 2.24) is 19.8 Å². The zero-order valence-corrected chi connectivity index (χ0v) is 20.4. The maximum atomic E-state index is 12.3. The average Bonchev–Trinajstić information content (AvgIpc) is 3.26. The molecule has 2 aromatic carbocycles. The Morgan fingerprint density at radius 1 is 1.09 bits per heavy atom. The molecule has 1 aliphatic heterocycles. The van der Waals surface area contributed by atoms with E-state index in [0.29, 0.717) is 11.5 Å². The second kappa shape index (κ2) is 8.33. The van der Waals surface area contributed by atoms with Gasteiger partial charge in [-0.2, -0.15) is 0 Å². The van der Waals surface area contributed by atoms with Crippen LogP contribution in [0.3, 0.4) is 0 Å². The highest BCUT2D eigenvalue weighted by Gasteiger charge is 2.32. The maximum Gasteiger partial charge on any atom is 0.253 e. The third-order valence-electron chi connectivity index (χ3n) is 7.46. The molecule has 35 heavy (non-hydrogen) atoms. The summed E-state index contributed by atoms with van der Waals surface area (Å²) in [5.74, 6) is 0.407. The molecule has 2 N–H and O–H groups in total. The number of benzene rings is 2. The number of carbonyl (C=O) groups is 1. The molecule has 1 amide bonds. The number of aliphatic hydroxyl groups excluding tert-OH is 1.